The van der Waals surface area contributed by atoms with Crippen LogP contribution in [0.3, 0.4) is 0 Å². The maximum absolute atomic E-state index is 6.24. The second-order valence-corrected chi connectivity index (χ2v) is 5.93. The average molecular weight is 422 g/mol. The summed E-state index contributed by atoms with van der Waals surface area (Å²) >= 11 is 13.0. The Morgan fingerprint density at radius 3 is 2.65 bits per heavy atom. The smallest absolute Gasteiger partial charge is 0.180 e. The molecule has 0 fully saturated rings. The minimum Gasteiger partial charge on any atom is -0.493 e. The Hall–Kier alpha value is -0.780. The first kappa shape index (κ1) is 15.6. The van der Waals surface area contributed by atoms with E-state index in [0.717, 1.165) is 15.6 Å². The van der Waals surface area contributed by atoms with E-state index in [9.17, 15) is 0 Å². The van der Waals surface area contributed by atoms with Gasteiger partial charge in [0.15, 0.2) is 11.5 Å². The van der Waals surface area contributed by atoms with Crippen LogP contribution in [0.5, 0.6) is 11.5 Å². The highest BCUT2D eigenvalue weighted by molar-refractivity contribution is 9.10. The fraction of sp³-hybridized carbons (Fsp3) is 0.214. The van der Waals surface area contributed by atoms with Crippen molar-refractivity contribution in [2.24, 2.45) is 0 Å². The second kappa shape index (κ2) is 7.29. The Balaban J connectivity index is 2.20. The largest absolute Gasteiger partial charge is 0.493 e. The van der Waals surface area contributed by atoms with Crippen LogP contribution in [0.2, 0.25) is 5.02 Å². The second-order valence-electron chi connectivity index (χ2n) is 4.04. The lowest BCUT2D eigenvalue weighted by molar-refractivity contribution is 0.284. The number of ether oxygens (including phenoxy) is 2. The van der Waals surface area contributed by atoms with Gasteiger partial charge in [0, 0.05) is 27.8 Å². The molecule has 0 atom stereocenters. The number of pyridine rings is 1. The lowest BCUT2D eigenvalue weighted by Gasteiger charge is -2.13. The molecule has 6 heteroatoms. The molecule has 1 heterocycles. The molecule has 0 unspecified atom stereocenters. The number of nitrogens with zero attached hydrogens (tertiary/aromatic N) is 1. The number of rotatable bonds is 5. The summed E-state index contributed by atoms with van der Waals surface area (Å²) < 4.78 is 12.0. The molecule has 2 rings (SSSR count). The van der Waals surface area contributed by atoms with E-state index in [4.69, 9.17) is 21.1 Å². The van der Waals surface area contributed by atoms with Gasteiger partial charge in [0.05, 0.1) is 12.1 Å². The van der Waals surface area contributed by atoms with Crippen LogP contribution in [0.15, 0.2) is 35.1 Å². The number of halogens is 3. The van der Waals surface area contributed by atoms with E-state index in [2.05, 4.69) is 36.8 Å². The normalized spacial score (nSPS) is 10.4. The van der Waals surface area contributed by atoms with E-state index in [1.807, 2.05) is 18.2 Å². The molecule has 0 saturated carbocycles. The number of hydrogen-bond acceptors (Lipinski definition) is 3. The molecule has 0 N–H and O–H groups in total. The Bertz CT molecular complexity index is 608. The van der Waals surface area contributed by atoms with E-state index in [-0.39, 0.29) is 0 Å². The maximum atomic E-state index is 6.24. The van der Waals surface area contributed by atoms with Gasteiger partial charge in [0.25, 0.3) is 0 Å². The van der Waals surface area contributed by atoms with E-state index < -0.39 is 0 Å². The third kappa shape index (κ3) is 3.87. The first-order valence-electron chi connectivity index (χ1n) is 5.78. The molecule has 0 radical (unpaired) electrons. The minimum atomic E-state index is 0.371. The van der Waals surface area contributed by atoms with Crippen molar-refractivity contribution >= 4 is 43.5 Å². The molecule has 0 spiro atoms. The third-order valence-electron chi connectivity index (χ3n) is 2.59. The van der Waals surface area contributed by atoms with Crippen molar-refractivity contribution in [2.45, 2.75) is 11.9 Å². The zero-order valence-corrected chi connectivity index (χ0v) is 14.6. The molecular weight excluding hydrogens is 409 g/mol. The Morgan fingerprint density at radius 2 is 2.00 bits per heavy atom. The van der Waals surface area contributed by atoms with Crippen LogP contribution in [0.25, 0.3) is 0 Å². The summed E-state index contributed by atoms with van der Waals surface area (Å²) in [5.74, 6) is 1.16. The summed E-state index contributed by atoms with van der Waals surface area (Å²) in [4.78, 5) is 4.09. The molecule has 2 aromatic rings. The van der Waals surface area contributed by atoms with Crippen LogP contribution in [0.4, 0.5) is 0 Å². The van der Waals surface area contributed by atoms with Crippen LogP contribution < -0.4 is 9.47 Å². The van der Waals surface area contributed by atoms with Crippen molar-refractivity contribution in [3.8, 4) is 11.5 Å². The van der Waals surface area contributed by atoms with E-state index in [0.29, 0.717) is 28.5 Å². The van der Waals surface area contributed by atoms with Gasteiger partial charge in [-0.2, -0.15) is 0 Å². The monoisotopic (exact) mass is 419 g/mol. The maximum Gasteiger partial charge on any atom is 0.180 e. The summed E-state index contributed by atoms with van der Waals surface area (Å²) in [6.45, 7) is 0.371. The molecule has 0 aliphatic heterocycles. The molecule has 20 heavy (non-hydrogen) atoms. The van der Waals surface area contributed by atoms with E-state index >= 15 is 0 Å². The lowest BCUT2D eigenvalue weighted by Crippen LogP contribution is -1.99. The van der Waals surface area contributed by atoms with Crippen LogP contribution in [-0.4, -0.2) is 12.1 Å². The molecule has 106 valence electrons. The zero-order valence-electron chi connectivity index (χ0n) is 10.7. The quantitative estimate of drug-likeness (QED) is 0.638. The van der Waals surface area contributed by atoms with Gasteiger partial charge in [-0.05, 0) is 39.7 Å². The Labute approximate surface area is 139 Å². The van der Waals surface area contributed by atoms with Gasteiger partial charge in [-0.15, -0.1) is 0 Å². The molecule has 0 bridgehead atoms. The van der Waals surface area contributed by atoms with Crippen LogP contribution in [-0.2, 0) is 11.9 Å². The van der Waals surface area contributed by atoms with Crippen molar-refractivity contribution < 1.29 is 9.47 Å². The third-order valence-corrected chi connectivity index (χ3v) is 3.95. The van der Waals surface area contributed by atoms with Gasteiger partial charge in [0.2, 0.25) is 0 Å². The molecular formula is C14H12Br2ClNO2. The molecule has 1 aromatic carbocycles. The standard InChI is InChI=1S/C14H12Br2ClNO2/c1-19-13-4-9(5-15)3-12(17)14(13)20-8-10-2-11(16)7-18-6-10/h2-4,6-7H,5,8H2,1H3. The molecule has 3 nitrogen and oxygen atoms in total. The topological polar surface area (TPSA) is 31.4 Å². The fourth-order valence-electron chi connectivity index (χ4n) is 1.68. The van der Waals surface area contributed by atoms with Gasteiger partial charge in [-0.25, -0.2) is 0 Å². The van der Waals surface area contributed by atoms with Crippen LogP contribution in [0, 0.1) is 0 Å². The summed E-state index contributed by atoms with van der Waals surface area (Å²) in [6, 6.07) is 5.70. The minimum absolute atomic E-state index is 0.371. The van der Waals surface area contributed by atoms with Crippen molar-refractivity contribution in [1.82, 2.24) is 4.98 Å². The number of aromatic nitrogens is 1. The summed E-state index contributed by atoms with van der Waals surface area (Å²) in [5.41, 5.74) is 1.98. The van der Waals surface area contributed by atoms with Gasteiger partial charge >= 0.3 is 0 Å². The highest BCUT2D eigenvalue weighted by Crippen LogP contribution is 2.37. The van der Waals surface area contributed by atoms with Crippen molar-refractivity contribution in [3.05, 3.63) is 51.2 Å². The van der Waals surface area contributed by atoms with Crippen molar-refractivity contribution in [3.63, 3.8) is 0 Å². The molecule has 1 aromatic heterocycles. The zero-order chi connectivity index (χ0) is 14.5. The predicted octanol–water partition coefficient (Wildman–Crippen LogP) is 4.98. The molecule has 0 amide bonds. The summed E-state index contributed by atoms with van der Waals surface area (Å²) in [7, 11) is 1.59. The van der Waals surface area contributed by atoms with Crippen molar-refractivity contribution in [2.75, 3.05) is 7.11 Å². The SMILES string of the molecule is COc1cc(CBr)cc(Cl)c1OCc1cncc(Br)c1. The molecule has 0 aliphatic carbocycles. The lowest BCUT2D eigenvalue weighted by atomic mass is 10.2. The number of methoxy groups -OCH3 is 1. The highest BCUT2D eigenvalue weighted by atomic mass is 79.9. The number of hydrogen-bond donors (Lipinski definition) is 0. The first-order chi connectivity index (χ1) is 9.63. The molecule has 0 aliphatic rings. The van der Waals surface area contributed by atoms with Gasteiger partial charge in [-0.1, -0.05) is 27.5 Å². The highest BCUT2D eigenvalue weighted by Gasteiger charge is 2.12. The van der Waals surface area contributed by atoms with Crippen LogP contribution >= 0.6 is 43.5 Å². The fourth-order valence-corrected chi connectivity index (χ4v) is 2.70. The Morgan fingerprint density at radius 1 is 1.20 bits per heavy atom. The van der Waals surface area contributed by atoms with Crippen molar-refractivity contribution in [1.29, 1.82) is 0 Å². The van der Waals surface area contributed by atoms with Gasteiger partial charge in [-0.3, -0.25) is 4.98 Å². The summed E-state index contributed by atoms with van der Waals surface area (Å²) in [5, 5.41) is 1.24. The van der Waals surface area contributed by atoms with E-state index in [1.165, 1.54) is 0 Å². The van der Waals surface area contributed by atoms with E-state index in [1.54, 1.807) is 19.5 Å². The Kier molecular flexibility index (Phi) is 5.69. The number of alkyl halides is 1. The summed E-state index contributed by atoms with van der Waals surface area (Å²) in [6.07, 6.45) is 3.47. The average Bonchev–Trinajstić information content (AvgIpc) is 2.45. The predicted molar refractivity (Wildman–Crippen MR) is 86.9 cm³/mol. The first-order valence-corrected chi connectivity index (χ1v) is 8.08. The van der Waals surface area contributed by atoms with Crippen LogP contribution in [0.1, 0.15) is 11.1 Å². The van der Waals surface area contributed by atoms with Gasteiger partial charge < -0.3 is 9.47 Å². The molecule has 0 saturated heterocycles. The number of benzene rings is 1. The van der Waals surface area contributed by atoms with Gasteiger partial charge in [0.1, 0.15) is 6.61 Å².